The molecule has 0 N–H and O–H groups in total. The highest BCUT2D eigenvalue weighted by atomic mass is 32.2. The second-order valence-corrected chi connectivity index (χ2v) is 11.1. The molecule has 1 amide bonds. The Balaban J connectivity index is 1.49. The fourth-order valence-electron chi connectivity index (χ4n) is 5.00. The molecule has 7 nitrogen and oxygen atoms in total. The molecular weight excluding hydrogens is 471 g/mol. The second-order valence-electron chi connectivity index (χ2n) is 9.20. The van der Waals surface area contributed by atoms with Crippen molar-refractivity contribution in [3.05, 3.63) is 65.5 Å². The molecule has 2 aliphatic rings. The standard InChI is InChI=1S/C26H31FN2O5S/c1-28(21-8-3-2-4-9-21)25(30)18-34-26(31)17-24-23-10-6-5-7-19(23)15-16-29(24)35(32,33)22-13-11-20(27)12-14-22/h5-7,10-14,21,24H,2-4,8-9,15-18H2,1H3. The maximum atomic E-state index is 13.4. The van der Waals surface area contributed by atoms with Gasteiger partial charge in [0.2, 0.25) is 10.0 Å². The van der Waals surface area contributed by atoms with Crippen LogP contribution in [0.3, 0.4) is 0 Å². The van der Waals surface area contributed by atoms with Gasteiger partial charge in [-0.25, -0.2) is 12.8 Å². The van der Waals surface area contributed by atoms with Crippen LogP contribution in [0.1, 0.15) is 55.7 Å². The molecule has 0 saturated heterocycles. The van der Waals surface area contributed by atoms with E-state index in [0.29, 0.717) is 6.42 Å². The molecule has 1 aliphatic carbocycles. The fourth-order valence-corrected chi connectivity index (χ4v) is 6.61. The molecule has 0 aromatic heterocycles. The first-order valence-electron chi connectivity index (χ1n) is 12.0. The number of nitrogens with zero attached hydrogens (tertiary/aromatic N) is 2. The number of hydrogen-bond acceptors (Lipinski definition) is 5. The molecule has 35 heavy (non-hydrogen) atoms. The highest BCUT2D eigenvalue weighted by Crippen LogP contribution is 2.36. The van der Waals surface area contributed by atoms with Crippen LogP contribution in [0.25, 0.3) is 0 Å². The zero-order valence-corrected chi connectivity index (χ0v) is 20.7. The van der Waals surface area contributed by atoms with Gasteiger partial charge in [0.15, 0.2) is 6.61 Å². The van der Waals surface area contributed by atoms with E-state index in [-0.39, 0.29) is 36.4 Å². The number of sulfonamides is 1. The van der Waals surface area contributed by atoms with Gasteiger partial charge in [-0.1, -0.05) is 43.5 Å². The summed E-state index contributed by atoms with van der Waals surface area (Å²) in [5, 5.41) is 0. The van der Waals surface area contributed by atoms with E-state index < -0.39 is 27.9 Å². The summed E-state index contributed by atoms with van der Waals surface area (Å²) in [6.45, 7) is -0.192. The predicted octanol–water partition coefficient (Wildman–Crippen LogP) is 3.84. The Kier molecular flexibility index (Phi) is 7.86. The van der Waals surface area contributed by atoms with Crippen LogP contribution in [0.15, 0.2) is 53.4 Å². The van der Waals surface area contributed by atoms with Gasteiger partial charge in [0.05, 0.1) is 17.4 Å². The van der Waals surface area contributed by atoms with Crippen molar-refractivity contribution in [1.82, 2.24) is 9.21 Å². The number of carbonyl (C=O) groups is 2. The van der Waals surface area contributed by atoms with Gasteiger partial charge in [0.1, 0.15) is 5.82 Å². The van der Waals surface area contributed by atoms with E-state index >= 15 is 0 Å². The molecule has 0 radical (unpaired) electrons. The zero-order chi connectivity index (χ0) is 25.0. The lowest BCUT2D eigenvalue weighted by Gasteiger charge is -2.36. The van der Waals surface area contributed by atoms with Gasteiger partial charge in [0, 0.05) is 19.6 Å². The van der Waals surface area contributed by atoms with E-state index in [9.17, 15) is 22.4 Å². The maximum absolute atomic E-state index is 13.4. The first-order valence-corrected chi connectivity index (χ1v) is 13.5. The number of carbonyl (C=O) groups excluding carboxylic acids is 2. The third-order valence-electron chi connectivity index (χ3n) is 7.02. The molecule has 4 rings (SSSR count). The molecule has 9 heteroatoms. The number of fused-ring (bicyclic) bond motifs is 1. The summed E-state index contributed by atoms with van der Waals surface area (Å²) in [6.07, 6.45) is 5.51. The van der Waals surface area contributed by atoms with Crippen LogP contribution in [-0.2, 0) is 30.8 Å². The monoisotopic (exact) mass is 502 g/mol. The normalized spacial score (nSPS) is 19.1. The molecular formula is C26H31FN2O5S. The van der Waals surface area contributed by atoms with E-state index in [1.54, 1.807) is 18.0 Å². The minimum absolute atomic E-state index is 0.0408. The number of benzene rings is 2. The van der Waals surface area contributed by atoms with E-state index in [0.717, 1.165) is 48.9 Å². The van der Waals surface area contributed by atoms with Crippen LogP contribution < -0.4 is 0 Å². The van der Waals surface area contributed by atoms with Crippen LogP contribution in [0.5, 0.6) is 0 Å². The number of hydrogen-bond donors (Lipinski definition) is 0. The lowest BCUT2D eigenvalue weighted by molar-refractivity contribution is -0.153. The summed E-state index contributed by atoms with van der Waals surface area (Å²) in [4.78, 5) is 27.0. The van der Waals surface area contributed by atoms with Gasteiger partial charge in [-0.3, -0.25) is 9.59 Å². The highest BCUT2D eigenvalue weighted by molar-refractivity contribution is 7.89. The van der Waals surface area contributed by atoms with Gasteiger partial charge in [-0.2, -0.15) is 4.31 Å². The maximum Gasteiger partial charge on any atom is 0.308 e. The van der Waals surface area contributed by atoms with Crippen molar-refractivity contribution in [3.8, 4) is 0 Å². The molecule has 0 spiro atoms. The summed E-state index contributed by atoms with van der Waals surface area (Å²) < 4.78 is 46.8. The first kappa shape index (κ1) is 25.3. The molecule has 1 aliphatic heterocycles. The SMILES string of the molecule is CN(C(=O)COC(=O)CC1c2ccccc2CCN1S(=O)(=O)c1ccc(F)cc1)C1CCCCC1. The van der Waals surface area contributed by atoms with Crippen LogP contribution in [0.4, 0.5) is 4.39 Å². The van der Waals surface area contributed by atoms with E-state index in [4.69, 9.17) is 4.74 Å². The molecule has 1 fully saturated rings. The number of likely N-dealkylation sites (N-methyl/N-ethyl adjacent to an activating group) is 1. The lowest BCUT2D eigenvalue weighted by Crippen LogP contribution is -2.42. The Labute approximate surface area is 205 Å². The minimum Gasteiger partial charge on any atom is -0.456 e. The largest absolute Gasteiger partial charge is 0.456 e. The van der Waals surface area contributed by atoms with Crippen molar-refractivity contribution in [3.63, 3.8) is 0 Å². The quantitative estimate of drug-likeness (QED) is 0.537. The van der Waals surface area contributed by atoms with Gasteiger partial charge >= 0.3 is 5.97 Å². The smallest absolute Gasteiger partial charge is 0.308 e. The Bertz CT molecular complexity index is 1160. The third kappa shape index (κ3) is 5.73. The molecule has 0 bridgehead atoms. The number of rotatable bonds is 7. The van der Waals surface area contributed by atoms with Crippen molar-refractivity contribution in [2.45, 2.75) is 61.9 Å². The van der Waals surface area contributed by atoms with Gasteiger partial charge in [-0.15, -0.1) is 0 Å². The minimum atomic E-state index is -3.99. The van der Waals surface area contributed by atoms with Crippen molar-refractivity contribution in [2.24, 2.45) is 0 Å². The molecule has 188 valence electrons. The second kappa shape index (κ2) is 10.9. The van der Waals surface area contributed by atoms with Gasteiger partial charge in [-0.05, 0) is 54.7 Å². The van der Waals surface area contributed by atoms with Crippen molar-refractivity contribution in [1.29, 1.82) is 0 Å². The highest BCUT2D eigenvalue weighted by Gasteiger charge is 2.38. The molecule has 2 aromatic carbocycles. The number of amides is 1. The molecule has 1 unspecified atom stereocenters. The van der Waals surface area contributed by atoms with E-state index in [1.807, 2.05) is 18.2 Å². The summed E-state index contributed by atoms with van der Waals surface area (Å²) in [5.41, 5.74) is 1.69. The summed E-state index contributed by atoms with van der Waals surface area (Å²) in [5.74, 6) is -1.43. The molecule has 1 saturated carbocycles. The van der Waals surface area contributed by atoms with Crippen LogP contribution >= 0.6 is 0 Å². The van der Waals surface area contributed by atoms with Crippen LogP contribution in [-0.4, -0.2) is 55.7 Å². The Morgan fingerprint density at radius 3 is 2.46 bits per heavy atom. The zero-order valence-electron chi connectivity index (χ0n) is 19.9. The Morgan fingerprint density at radius 2 is 1.74 bits per heavy atom. The predicted molar refractivity (Wildman–Crippen MR) is 128 cm³/mol. The van der Waals surface area contributed by atoms with Crippen molar-refractivity contribution < 1.29 is 27.1 Å². The number of ether oxygens (including phenoxy) is 1. The molecule has 1 heterocycles. The Morgan fingerprint density at radius 1 is 1.06 bits per heavy atom. The van der Waals surface area contributed by atoms with Crippen molar-refractivity contribution in [2.75, 3.05) is 20.2 Å². The summed E-state index contributed by atoms with van der Waals surface area (Å²) >= 11 is 0. The van der Waals surface area contributed by atoms with Crippen LogP contribution in [0.2, 0.25) is 0 Å². The fraction of sp³-hybridized carbons (Fsp3) is 0.462. The third-order valence-corrected chi connectivity index (χ3v) is 8.94. The topological polar surface area (TPSA) is 84.0 Å². The van der Waals surface area contributed by atoms with Crippen LogP contribution in [0, 0.1) is 5.82 Å². The lowest BCUT2D eigenvalue weighted by atomic mass is 9.92. The average Bonchev–Trinajstić information content (AvgIpc) is 2.87. The van der Waals surface area contributed by atoms with Crippen molar-refractivity contribution >= 4 is 21.9 Å². The summed E-state index contributed by atoms with van der Waals surface area (Å²) in [6, 6.07) is 11.4. The number of halogens is 1. The first-order chi connectivity index (χ1) is 16.8. The van der Waals surface area contributed by atoms with Gasteiger partial charge in [0.25, 0.3) is 5.91 Å². The van der Waals surface area contributed by atoms with E-state index in [2.05, 4.69) is 0 Å². The Hall–Kier alpha value is -2.78. The average molecular weight is 503 g/mol. The number of esters is 1. The summed E-state index contributed by atoms with van der Waals surface area (Å²) in [7, 11) is -2.26. The molecule has 2 aromatic rings. The molecule has 1 atom stereocenters. The van der Waals surface area contributed by atoms with E-state index in [1.165, 1.54) is 22.9 Å². The van der Waals surface area contributed by atoms with Gasteiger partial charge < -0.3 is 9.64 Å².